The second kappa shape index (κ2) is 5.23. The van der Waals surface area contributed by atoms with Gasteiger partial charge in [-0.15, -0.1) is 11.6 Å². The zero-order valence-electron chi connectivity index (χ0n) is 9.98. The first-order valence-corrected chi connectivity index (χ1v) is 5.97. The maximum atomic E-state index is 5.83. The van der Waals surface area contributed by atoms with Crippen molar-refractivity contribution >= 4 is 11.6 Å². The first-order chi connectivity index (χ1) is 8.24. The van der Waals surface area contributed by atoms with Gasteiger partial charge in [-0.25, -0.2) is 4.98 Å². The van der Waals surface area contributed by atoms with Crippen molar-refractivity contribution in [3.05, 3.63) is 47.5 Å². The average molecular weight is 251 g/mol. The highest BCUT2D eigenvalue weighted by atomic mass is 35.5. The fourth-order valence-electron chi connectivity index (χ4n) is 1.83. The molecule has 0 amide bonds. The van der Waals surface area contributed by atoms with Crippen molar-refractivity contribution in [2.75, 3.05) is 7.11 Å². The van der Waals surface area contributed by atoms with Crippen LogP contribution in [0.15, 0.2) is 30.6 Å². The molecule has 90 valence electrons. The first kappa shape index (κ1) is 12.0. The summed E-state index contributed by atoms with van der Waals surface area (Å²) in [7, 11) is 1.69. The van der Waals surface area contributed by atoms with Crippen LogP contribution in [-0.2, 0) is 12.4 Å². The van der Waals surface area contributed by atoms with Gasteiger partial charge in [0.15, 0.2) is 0 Å². The summed E-state index contributed by atoms with van der Waals surface area (Å²) in [4.78, 5) is 4.20. The van der Waals surface area contributed by atoms with Gasteiger partial charge >= 0.3 is 0 Å². The molecule has 0 aliphatic rings. The van der Waals surface area contributed by atoms with Gasteiger partial charge in [0.1, 0.15) is 11.6 Å². The molecular formula is C13H15ClN2O. The standard InChI is InChI=1S/C13H15ClN2O/c1-10-3-4-12(17-2)11(7-10)9-16-6-5-15-13(16)8-14/h3-7H,8-9H2,1-2H3. The number of halogens is 1. The van der Waals surface area contributed by atoms with Crippen LogP contribution in [0.25, 0.3) is 0 Å². The summed E-state index contributed by atoms with van der Waals surface area (Å²) in [6.07, 6.45) is 3.69. The predicted octanol–water partition coefficient (Wildman–Crippen LogP) is 2.99. The summed E-state index contributed by atoms with van der Waals surface area (Å²) < 4.78 is 7.39. The number of imidazole rings is 1. The van der Waals surface area contributed by atoms with E-state index in [-0.39, 0.29) is 0 Å². The summed E-state index contributed by atoms with van der Waals surface area (Å²) >= 11 is 5.83. The van der Waals surface area contributed by atoms with Crippen LogP contribution in [0.1, 0.15) is 17.0 Å². The Morgan fingerprint density at radius 3 is 2.94 bits per heavy atom. The van der Waals surface area contributed by atoms with Gasteiger partial charge in [-0.2, -0.15) is 0 Å². The summed E-state index contributed by atoms with van der Waals surface area (Å²) in [5.41, 5.74) is 2.35. The average Bonchev–Trinajstić information content (AvgIpc) is 2.77. The topological polar surface area (TPSA) is 27.1 Å². The lowest BCUT2D eigenvalue weighted by Crippen LogP contribution is -2.04. The SMILES string of the molecule is COc1ccc(C)cc1Cn1ccnc1CCl. The molecule has 1 aromatic heterocycles. The van der Waals surface area contributed by atoms with E-state index in [2.05, 4.69) is 18.0 Å². The molecule has 0 saturated carbocycles. The second-order valence-corrected chi connectivity index (χ2v) is 4.19. The third kappa shape index (κ3) is 2.61. The van der Waals surface area contributed by atoms with E-state index >= 15 is 0 Å². The van der Waals surface area contributed by atoms with Crippen molar-refractivity contribution in [2.45, 2.75) is 19.3 Å². The van der Waals surface area contributed by atoms with Crippen molar-refractivity contribution in [3.8, 4) is 5.75 Å². The van der Waals surface area contributed by atoms with E-state index in [9.17, 15) is 0 Å². The number of hydrogen-bond acceptors (Lipinski definition) is 2. The van der Waals surface area contributed by atoms with Crippen molar-refractivity contribution in [1.82, 2.24) is 9.55 Å². The Bertz CT molecular complexity index is 508. The van der Waals surface area contributed by atoms with E-state index in [4.69, 9.17) is 16.3 Å². The summed E-state index contributed by atoms with van der Waals surface area (Å²) in [6.45, 7) is 2.80. The molecule has 0 aliphatic heterocycles. The van der Waals surface area contributed by atoms with E-state index in [1.165, 1.54) is 5.56 Å². The van der Waals surface area contributed by atoms with E-state index in [1.54, 1.807) is 13.3 Å². The van der Waals surface area contributed by atoms with Crippen molar-refractivity contribution in [3.63, 3.8) is 0 Å². The molecule has 1 aromatic carbocycles. The van der Waals surface area contributed by atoms with Crippen LogP contribution in [0.2, 0.25) is 0 Å². The largest absolute Gasteiger partial charge is 0.496 e. The van der Waals surface area contributed by atoms with Gasteiger partial charge in [-0.3, -0.25) is 0 Å². The van der Waals surface area contributed by atoms with Crippen molar-refractivity contribution in [1.29, 1.82) is 0 Å². The Hall–Kier alpha value is -1.48. The quantitative estimate of drug-likeness (QED) is 0.780. The molecule has 0 aliphatic carbocycles. The number of aromatic nitrogens is 2. The molecule has 0 fully saturated rings. The molecule has 0 saturated heterocycles. The van der Waals surface area contributed by atoms with E-state index in [0.717, 1.165) is 23.7 Å². The van der Waals surface area contributed by atoms with Crippen LogP contribution in [0, 0.1) is 6.92 Å². The van der Waals surface area contributed by atoms with Gasteiger partial charge in [0.25, 0.3) is 0 Å². The smallest absolute Gasteiger partial charge is 0.123 e. The minimum Gasteiger partial charge on any atom is -0.496 e. The number of benzene rings is 1. The van der Waals surface area contributed by atoms with Gasteiger partial charge in [-0.1, -0.05) is 17.7 Å². The lowest BCUT2D eigenvalue weighted by atomic mass is 10.1. The molecule has 17 heavy (non-hydrogen) atoms. The predicted molar refractivity (Wildman–Crippen MR) is 68.6 cm³/mol. The zero-order valence-corrected chi connectivity index (χ0v) is 10.7. The second-order valence-electron chi connectivity index (χ2n) is 3.92. The monoisotopic (exact) mass is 250 g/mol. The highest BCUT2D eigenvalue weighted by molar-refractivity contribution is 6.16. The lowest BCUT2D eigenvalue weighted by molar-refractivity contribution is 0.408. The molecule has 3 nitrogen and oxygen atoms in total. The minimum atomic E-state index is 0.418. The van der Waals surface area contributed by atoms with E-state index < -0.39 is 0 Å². The third-order valence-electron chi connectivity index (χ3n) is 2.70. The summed E-state index contributed by atoms with van der Waals surface area (Å²) in [6, 6.07) is 6.15. The van der Waals surface area contributed by atoms with Crippen molar-refractivity contribution < 1.29 is 4.74 Å². The van der Waals surface area contributed by atoms with Gasteiger partial charge in [0.2, 0.25) is 0 Å². The Kier molecular flexibility index (Phi) is 3.69. The fourth-order valence-corrected chi connectivity index (χ4v) is 2.05. The van der Waals surface area contributed by atoms with Gasteiger partial charge in [-0.05, 0) is 13.0 Å². The maximum Gasteiger partial charge on any atom is 0.123 e. The molecule has 0 radical (unpaired) electrons. The number of ether oxygens (including phenoxy) is 1. The zero-order chi connectivity index (χ0) is 12.3. The molecule has 1 heterocycles. The van der Waals surface area contributed by atoms with Gasteiger partial charge < -0.3 is 9.30 Å². The van der Waals surface area contributed by atoms with Crippen LogP contribution in [0.4, 0.5) is 0 Å². The van der Waals surface area contributed by atoms with Crippen LogP contribution >= 0.6 is 11.6 Å². The number of methoxy groups -OCH3 is 1. The fraction of sp³-hybridized carbons (Fsp3) is 0.308. The summed E-state index contributed by atoms with van der Waals surface area (Å²) in [5.74, 6) is 2.18. The Balaban J connectivity index is 2.32. The number of nitrogens with zero attached hydrogens (tertiary/aromatic N) is 2. The molecule has 0 N–H and O–H groups in total. The Morgan fingerprint density at radius 1 is 1.41 bits per heavy atom. The van der Waals surface area contributed by atoms with Gasteiger partial charge in [0.05, 0.1) is 19.5 Å². The molecule has 0 bridgehead atoms. The molecule has 4 heteroatoms. The highest BCUT2D eigenvalue weighted by Gasteiger charge is 2.07. The number of aryl methyl sites for hydroxylation is 1. The molecule has 0 atom stereocenters. The van der Waals surface area contributed by atoms with E-state index in [1.807, 2.05) is 22.9 Å². The van der Waals surface area contributed by atoms with Gasteiger partial charge in [0, 0.05) is 18.0 Å². The molecule has 2 aromatic rings. The van der Waals surface area contributed by atoms with Crippen LogP contribution < -0.4 is 4.74 Å². The minimum absolute atomic E-state index is 0.418. The Morgan fingerprint density at radius 2 is 2.24 bits per heavy atom. The highest BCUT2D eigenvalue weighted by Crippen LogP contribution is 2.21. The maximum absolute atomic E-state index is 5.83. The lowest BCUT2D eigenvalue weighted by Gasteiger charge is -2.11. The Labute approximate surface area is 106 Å². The molecule has 0 unspecified atom stereocenters. The number of hydrogen-bond donors (Lipinski definition) is 0. The number of rotatable bonds is 4. The van der Waals surface area contributed by atoms with Crippen LogP contribution in [-0.4, -0.2) is 16.7 Å². The first-order valence-electron chi connectivity index (χ1n) is 5.44. The molecule has 2 rings (SSSR count). The molecular weight excluding hydrogens is 236 g/mol. The molecule has 0 spiro atoms. The van der Waals surface area contributed by atoms with Crippen LogP contribution in [0.3, 0.4) is 0 Å². The summed E-state index contributed by atoms with van der Waals surface area (Å²) in [5, 5.41) is 0. The third-order valence-corrected chi connectivity index (χ3v) is 2.94. The number of alkyl halides is 1. The van der Waals surface area contributed by atoms with Crippen molar-refractivity contribution in [2.24, 2.45) is 0 Å². The normalized spacial score (nSPS) is 10.5. The van der Waals surface area contributed by atoms with E-state index in [0.29, 0.717) is 5.88 Å². The van der Waals surface area contributed by atoms with Crippen LogP contribution in [0.5, 0.6) is 5.75 Å².